The van der Waals surface area contributed by atoms with Gasteiger partial charge in [0, 0.05) is 65.3 Å². The average Bonchev–Trinajstić information content (AvgIpc) is 2.72. The molecule has 7 nitrogen and oxygen atoms in total. The first-order valence-electron chi connectivity index (χ1n) is 9.49. The monoisotopic (exact) mass is 367 g/mol. The molecule has 1 aliphatic heterocycles. The van der Waals surface area contributed by atoms with E-state index in [0.29, 0.717) is 0 Å². The number of anilines is 1. The average molecular weight is 368 g/mol. The molecule has 1 aromatic heterocycles. The molecular formula is C20H29N7. The third-order valence-electron chi connectivity index (χ3n) is 4.69. The third kappa shape index (κ3) is 5.92. The summed E-state index contributed by atoms with van der Waals surface area (Å²) in [7, 11) is 1.81. The Morgan fingerprint density at radius 3 is 2.56 bits per heavy atom. The van der Waals surface area contributed by atoms with Crippen molar-refractivity contribution >= 4 is 11.9 Å². The van der Waals surface area contributed by atoms with E-state index >= 15 is 0 Å². The normalized spacial score (nSPS) is 15.6. The molecule has 0 saturated carbocycles. The zero-order valence-corrected chi connectivity index (χ0v) is 16.2. The van der Waals surface area contributed by atoms with Crippen LogP contribution in [-0.4, -0.2) is 67.1 Å². The van der Waals surface area contributed by atoms with Gasteiger partial charge in [-0.1, -0.05) is 29.8 Å². The maximum absolute atomic E-state index is 4.33. The van der Waals surface area contributed by atoms with Gasteiger partial charge in [0.05, 0.1) is 0 Å². The van der Waals surface area contributed by atoms with Gasteiger partial charge >= 0.3 is 0 Å². The van der Waals surface area contributed by atoms with Crippen LogP contribution in [0.1, 0.15) is 11.1 Å². The quantitative estimate of drug-likeness (QED) is 0.592. The van der Waals surface area contributed by atoms with Crippen molar-refractivity contribution in [3.05, 3.63) is 53.9 Å². The Bertz CT molecular complexity index is 724. The molecule has 0 spiro atoms. The zero-order chi connectivity index (χ0) is 18.9. The van der Waals surface area contributed by atoms with Gasteiger partial charge in [-0.15, -0.1) is 0 Å². The van der Waals surface area contributed by atoms with Crippen LogP contribution < -0.4 is 15.5 Å². The number of nitrogens with one attached hydrogen (secondary N) is 2. The molecule has 144 valence electrons. The summed E-state index contributed by atoms with van der Waals surface area (Å²) < 4.78 is 0. The van der Waals surface area contributed by atoms with Crippen molar-refractivity contribution in [1.82, 2.24) is 25.5 Å². The number of piperazine rings is 1. The van der Waals surface area contributed by atoms with Crippen molar-refractivity contribution in [2.75, 3.05) is 51.2 Å². The largest absolute Gasteiger partial charge is 0.355 e. The van der Waals surface area contributed by atoms with E-state index in [1.807, 2.05) is 13.1 Å². The van der Waals surface area contributed by atoms with Gasteiger partial charge in [-0.05, 0) is 18.6 Å². The van der Waals surface area contributed by atoms with Crippen LogP contribution in [0.4, 0.5) is 5.95 Å². The molecule has 1 aromatic carbocycles. The van der Waals surface area contributed by atoms with Crippen molar-refractivity contribution in [3.63, 3.8) is 0 Å². The van der Waals surface area contributed by atoms with Gasteiger partial charge in [0.2, 0.25) is 5.95 Å². The fourth-order valence-corrected chi connectivity index (χ4v) is 3.19. The Hall–Kier alpha value is -2.67. The lowest BCUT2D eigenvalue weighted by molar-refractivity contribution is 0.260. The second-order valence-corrected chi connectivity index (χ2v) is 6.72. The fraction of sp³-hybridized carbons (Fsp3) is 0.450. The van der Waals surface area contributed by atoms with Gasteiger partial charge in [0.25, 0.3) is 0 Å². The van der Waals surface area contributed by atoms with Gasteiger partial charge < -0.3 is 15.5 Å². The molecule has 0 amide bonds. The van der Waals surface area contributed by atoms with E-state index in [0.717, 1.165) is 57.7 Å². The first kappa shape index (κ1) is 19.1. The number of hydrogen-bond donors (Lipinski definition) is 2. The third-order valence-corrected chi connectivity index (χ3v) is 4.69. The number of benzene rings is 1. The summed E-state index contributed by atoms with van der Waals surface area (Å²) in [5.41, 5.74) is 2.54. The SMILES string of the molecule is CN=C(NCCN1CCN(c2ncccn2)CC1)NCc1cccc(C)c1. The highest BCUT2D eigenvalue weighted by Crippen LogP contribution is 2.09. The van der Waals surface area contributed by atoms with E-state index in [9.17, 15) is 0 Å². The van der Waals surface area contributed by atoms with E-state index in [2.05, 4.69) is 66.6 Å². The Kier molecular flexibility index (Phi) is 6.98. The molecule has 0 radical (unpaired) electrons. The molecule has 1 saturated heterocycles. The number of aromatic nitrogens is 2. The van der Waals surface area contributed by atoms with Gasteiger partial charge in [-0.2, -0.15) is 0 Å². The number of nitrogens with zero attached hydrogens (tertiary/aromatic N) is 5. The molecule has 0 bridgehead atoms. The topological polar surface area (TPSA) is 68.7 Å². The predicted octanol–water partition coefficient (Wildman–Crippen LogP) is 1.27. The van der Waals surface area contributed by atoms with Crippen LogP contribution in [0.25, 0.3) is 0 Å². The van der Waals surface area contributed by atoms with Crippen LogP contribution in [0, 0.1) is 6.92 Å². The number of hydrogen-bond acceptors (Lipinski definition) is 5. The molecular weight excluding hydrogens is 338 g/mol. The maximum atomic E-state index is 4.33. The van der Waals surface area contributed by atoms with Gasteiger partial charge in [-0.25, -0.2) is 9.97 Å². The summed E-state index contributed by atoms with van der Waals surface area (Å²) in [6, 6.07) is 10.4. The highest BCUT2D eigenvalue weighted by atomic mass is 15.3. The standard InChI is InChI=1S/C20H29N7/c1-17-5-3-6-18(15-17)16-25-19(21-2)22-9-10-26-11-13-27(14-12-26)20-23-7-4-8-24-20/h3-8,15H,9-14,16H2,1-2H3,(H2,21,22,25). The molecule has 2 aromatic rings. The summed E-state index contributed by atoms with van der Waals surface area (Å²) in [6.45, 7) is 8.72. The summed E-state index contributed by atoms with van der Waals surface area (Å²) in [5.74, 6) is 1.67. The number of aryl methyl sites for hydroxylation is 1. The molecule has 2 N–H and O–H groups in total. The van der Waals surface area contributed by atoms with Crippen molar-refractivity contribution in [2.24, 2.45) is 4.99 Å². The highest BCUT2D eigenvalue weighted by molar-refractivity contribution is 5.79. The lowest BCUT2D eigenvalue weighted by Gasteiger charge is -2.34. The minimum absolute atomic E-state index is 0.775. The van der Waals surface area contributed by atoms with Crippen molar-refractivity contribution in [1.29, 1.82) is 0 Å². The Morgan fingerprint density at radius 1 is 1.07 bits per heavy atom. The summed E-state index contributed by atoms with van der Waals surface area (Å²) >= 11 is 0. The van der Waals surface area contributed by atoms with E-state index in [1.54, 1.807) is 12.4 Å². The second kappa shape index (κ2) is 9.87. The molecule has 7 heteroatoms. The van der Waals surface area contributed by atoms with E-state index in [-0.39, 0.29) is 0 Å². The van der Waals surface area contributed by atoms with Crippen LogP contribution in [0.2, 0.25) is 0 Å². The number of aliphatic imine (C=N–C) groups is 1. The van der Waals surface area contributed by atoms with E-state index in [4.69, 9.17) is 0 Å². The lowest BCUT2D eigenvalue weighted by atomic mass is 10.1. The van der Waals surface area contributed by atoms with Crippen LogP contribution >= 0.6 is 0 Å². The molecule has 2 heterocycles. The van der Waals surface area contributed by atoms with Crippen molar-refractivity contribution < 1.29 is 0 Å². The van der Waals surface area contributed by atoms with Crippen LogP contribution in [0.15, 0.2) is 47.7 Å². The molecule has 1 fully saturated rings. The summed E-state index contributed by atoms with van der Waals surface area (Å²) in [5, 5.41) is 6.78. The first-order valence-corrected chi connectivity index (χ1v) is 9.49. The Morgan fingerprint density at radius 2 is 1.85 bits per heavy atom. The molecule has 1 aliphatic rings. The molecule has 3 rings (SSSR count). The molecule has 27 heavy (non-hydrogen) atoms. The minimum atomic E-state index is 0.775. The second-order valence-electron chi connectivity index (χ2n) is 6.72. The zero-order valence-electron chi connectivity index (χ0n) is 16.2. The number of guanidine groups is 1. The summed E-state index contributed by atoms with van der Waals surface area (Å²) in [6.07, 6.45) is 3.60. The smallest absolute Gasteiger partial charge is 0.225 e. The molecule has 0 aliphatic carbocycles. The van der Waals surface area contributed by atoms with Gasteiger partial charge in [0.15, 0.2) is 5.96 Å². The van der Waals surface area contributed by atoms with Crippen LogP contribution in [-0.2, 0) is 6.54 Å². The van der Waals surface area contributed by atoms with E-state index in [1.165, 1.54) is 11.1 Å². The predicted molar refractivity (Wildman–Crippen MR) is 110 cm³/mol. The molecule has 0 unspecified atom stereocenters. The van der Waals surface area contributed by atoms with E-state index < -0.39 is 0 Å². The Labute approximate surface area is 161 Å². The van der Waals surface area contributed by atoms with Crippen LogP contribution in [0.5, 0.6) is 0 Å². The lowest BCUT2D eigenvalue weighted by Crippen LogP contribution is -2.49. The summed E-state index contributed by atoms with van der Waals surface area (Å²) in [4.78, 5) is 17.7. The van der Waals surface area contributed by atoms with Crippen LogP contribution in [0.3, 0.4) is 0 Å². The molecule has 0 atom stereocenters. The maximum Gasteiger partial charge on any atom is 0.225 e. The fourth-order valence-electron chi connectivity index (χ4n) is 3.19. The highest BCUT2D eigenvalue weighted by Gasteiger charge is 2.18. The van der Waals surface area contributed by atoms with Crippen molar-refractivity contribution in [2.45, 2.75) is 13.5 Å². The number of rotatable bonds is 6. The first-order chi connectivity index (χ1) is 13.2. The van der Waals surface area contributed by atoms with Gasteiger partial charge in [-0.3, -0.25) is 9.89 Å². The minimum Gasteiger partial charge on any atom is -0.355 e. The Balaban J connectivity index is 1.35. The van der Waals surface area contributed by atoms with Crippen molar-refractivity contribution in [3.8, 4) is 0 Å². The van der Waals surface area contributed by atoms with Gasteiger partial charge in [0.1, 0.15) is 0 Å².